The summed E-state index contributed by atoms with van der Waals surface area (Å²) in [5, 5.41) is 3.82. The zero-order chi connectivity index (χ0) is 7.40. The Hall–Kier alpha value is -0.830. The largest absolute Gasteiger partial charge is 0.364 e. The van der Waals surface area contributed by atoms with Crippen molar-refractivity contribution in [1.82, 2.24) is 5.16 Å². The Bertz CT molecular complexity index is 195. The number of nitrogens with two attached hydrogens (primary N) is 1. The second-order valence-electron chi connectivity index (χ2n) is 2.18. The van der Waals surface area contributed by atoms with Crippen LogP contribution in [-0.4, -0.2) is 11.7 Å². The minimum Gasteiger partial charge on any atom is -0.364 e. The van der Waals surface area contributed by atoms with Gasteiger partial charge in [-0.2, -0.15) is 0 Å². The molecule has 0 aliphatic carbocycles. The Morgan fingerprint density at radius 1 is 1.70 bits per heavy atom. The zero-order valence-electron chi connectivity index (χ0n) is 6.13. The van der Waals surface area contributed by atoms with Gasteiger partial charge < -0.3 is 10.3 Å². The molecule has 0 aromatic carbocycles. The summed E-state index contributed by atoms with van der Waals surface area (Å²) >= 11 is 0. The van der Waals surface area contributed by atoms with Crippen molar-refractivity contribution in [2.24, 2.45) is 5.73 Å². The van der Waals surface area contributed by atoms with Crippen molar-refractivity contribution in [3.8, 4) is 0 Å². The Balaban J connectivity index is 2.70. The van der Waals surface area contributed by atoms with Crippen LogP contribution >= 0.6 is 0 Å². The van der Waals surface area contributed by atoms with E-state index < -0.39 is 0 Å². The summed E-state index contributed by atoms with van der Waals surface area (Å²) in [5.41, 5.74) is 7.54. The molecule has 1 rings (SSSR count). The maximum absolute atomic E-state index is 5.36. The number of aryl methyl sites for hydroxylation is 1. The van der Waals surface area contributed by atoms with Crippen molar-refractivity contribution in [2.75, 3.05) is 6.54 Å². The molecule has 0 atom stereocenters. The van der Waals surface area contributed by atoms with E-state index in [9.17, 15) is 0 Å². The lowest BCUT2D eigenvalue weighted by Crippen LogP contribution is -2.04. The van der Waals surface area contributed by atoms with Crippen LogP contribution in [0.1, 0.15) is 18.2 Å². The average molecular weight is 140 g/mol. The molecule has 0 fully saturated rings. The minimum atomic E-state index is 0.638. The fourth-order valence-electron chi connectivity index (χ4n) is 0.911. The van der Waals surface area contributed by atoms with Gasteiger partial charge in [0.05, 0.1) is 5.69 Å². The van der Waals surface area contributed by atoms with Crippen molar-refractivity contribution in [1.29, 1.82) is 0 Å². The van der Waals surface area contributed by atoms with E-state index in [1.807, 2.05) is 0 Å². The van der Waals surface area contributed by atoms with Gasteiger partial charge in [-0.25, -0.2) is 0 Å². The van der Waals surface area contributed by atoms with Crippen molar-refractivity contribution in [3.05, 3.63) is 17.5 Å². The summed E-state index contributed by atoms with van der Waals surface area (Å²) in [6.45, 7) is 2.71. The van der Waals surface area contributed by atoms with Crippen LogP contribution in [0.2, 0.25) is 0 Å². The maximum atomic E-state index is 5.36. The minimum absolute atomic E-state index is 0.638. The van der Waals surface area contributed by atoms with Crippen LogP contribution in [0.25, 0.3) is 0 Å². The quantitative estimate of drug-likeness (QED) is 0.673. The Morgan fingerprint density at radius 3 is 3.10 bits per heavy atom. The lowest BCUT2D eigenvalue weighted by Gasteiger charge is -1.92. The van der Waals surface area contributed by atoms with Gasteiger partial charge in [-0.05, 0) is 13.0 Å². The fraction of sp³-hybridized carbons (Fsp3) is 0.571. The predicted octanol–water partition coefficient (Wildman–Crippen LogP) is 0.738. The van der Waals surface area contributed by atoms with Crippen molar-refractivity contribution >= 4 is 0 Å². The van der Waals surface area contributed by atoms with Crippen LogP contribution in [0.5, 0.6) is 0 Å². The highest BCUT2D eigenvalue weighted by atomic mass is 16.5. The smallest absolute Gasteiger partial charge is 0.127 e. The molecule has 0 aliphatic heterocycles. The molecule has 1 aromatic heterocycles. The van der Waals surface area contributed by atoms with Crippen LogP contribution in [-0.2, 0) is 12.8 Å². The van der Waals surface area contributed by atoms with Crippen molar-refractivity contribution in [3.63, 3.8) is 0 Å². The number of aromatic nitrogens is 1. The van der Waals surface area contributed by atoms with Crippen LogP contribution in [0.3, 0.4) is 0 Å². The first-order valence-electron chi connectivity index (χ1n) is 3.50. The van der Waals surface area contributed by atoms with E-state index in [2.05, 4.69) is 12.1 Å². The van der Waals surface area contributed by atoms with Crippen molar-refractivity contribution < 1.29 is 4.52 Å². The molecule has 0 radical (unpaired) electrons. The third-order valence-electron chi connectivity index (χ3n) is 1.49. The van der Waals surface area contributed by atoms with Crippen LogP contribution in [0, 0.1) is 0 Å². The first-order chi connectivity index (χ1) is 4.88. The van der Waals surface area contributed by atoms with E-state index in [-0.39, 0.29) is 0 Å². The van der Waals surface area contributed by atoms with E-state index in [1.54, 1.807) is 6.26 Å². The van der Waals surface area contributed by atoms with Gasteiger partial charge >= 0.3 is 0 Å². The topological polar surface area (TPSA) is 52.0 Å². The molecule has 2 N–H and O–H groups in total. The molecule has 10 heavy (non-hydrogen) atoms. The maximum Gasteiger partial charge on any atom is 0.127 e. The van der Waals surface area contributed by atoms with Crippen LogP contribution < -0.4 is 5.73 Å². The molecule has 3 nitrogen and oxygen atoms in total. The number of hydrogen-bond acceptors (Lipinski definition) is 3. The lowest BCUT2D eigenvalue weighted by molar-refractivity contribution is 0.411. The molecule has 1 heterocycles. The van der Waals surface area contributed by atoms with Gasteiger partial charge in [-0.1, -0.05) is 12.1 Å². The first-order valence-corrected chi connectivity index (χ1v) is 3.50. The van der Waals surface area contributed by atoms with Crippen LogP contribution in [0.4, 0.5) is 0 Å². The summed E-state index contributed by atoms with van der Waals surface area (Å²) < 4.78 is 4.78. The molecular weight excluding hydrogens is 128 g/mol. The van der Waals surface area contributed by atoms with Gasteiger partial charge in [0, 0.05) is 12.0 Å². The fourth-order valence-corrected chi connectivity index (χ4v) is 0.911. The molecule has 0 saturated heterocycles. The second-order valence-corrected chi connectivity index (χ2v) is 2.18. The monoisotopic (exact) mass is 140 g/mol. The molecule has 3 heteroatoms. The van der Waals surface area contributed by atoms with E-state index >= 15 is 0 Å². The summed E-state index contributed by atoms with van der Waals surface area (Å²) in [4.78, 5) is 0. The molecule has 0 bridgehead atoms. The predicted molar refractivity (Wildman–Crippen MR) is 38.6 cm³/mol. The molecule has 56 valence electrons. The normalized spacial score (nSPS) is 10.2. The summed E-state index contributed by atoms with van der Waals surface area (Å²) in [6.07, 6.45) is 3.48. The highest BCUT2D eigenvalue weighted by molar-refractivity contribution is 5.14. The molecule has 0 amide bonds. The molecule has 0 spiro atoms. The van der Waals surface area contributed by atoms with E-state index in [1.165, 1.54) is 5.56 Å². The Kier molecular flexibility index (Phi) is 2.45. The zero-order valence-corrected chi connectivity index (χ0v) is 6.13. The summed E-state index contributed by atoms with van der Waals surface area (Å²) in [6, 6.07) is 0. The van der Waals surface area contributed by atoms with Crippen LogP contribution in [0.15, 0.2) is 10.8 Å². The van der Waals surface area contributed by atoms with Gasteiger partial charge in [0.1, 0.15) is 6.26 Å². The van der Waals surface area contributed by atoms with E-state index in [4.69, 9.17) is 10.3 Å². The summed E-state index contributed by atoms with van der Waals surface area (Å²) in [7, 11) is 0. The van der Waals surface area contributed by atoms with Gasteiger partial charge in [0.2, 0.25) is 0 Å². The van der Waals surface area contributed by atoms with Crippen molar-refractivity contribution in [2.45, 2.75) is 19.8 Å². The van der Waals surface area contributed by atoms with Gasteiger partial charge in [-0.15, -0.1) is 0 Å². The Morgan fingerprint density at radius 2 is 2.50 bits per heavy atom. The van der Waals surface area contributed by atoms with Gasteiger partial charge in [0.15, 0.2) is 0 Å². The van der Waals surface area contributed by atoms with Gasteiger partial charge in [-0.3, -0.25) is 0 Å². The number of nitrogens with zero attached hydrogens (tertiary/aromatic N) is 1. The third-order valence-corrected chi connectivity index (χ3v) is 1.49. The second kappa shape index (κ2) is 3.37. The molecule has 1 aromatic rings. The molecular formula is C7H12N2O. The van der Waals surface area contributed by atoms with Gasteiger partial charge in [0.25, 0.3) is 0 Å². The van der Waals surface area contributed by atoms with E-state index in [0.717, 1.165) is 18.5 Å². The highest BCUT2D eigenvalue weighted by Gasteiger charge is 2.02. The average Bonchev–Trinajstić information content (AvgIpc) is 2.36. The van der Waals surface area contributed by atoms with E-state index in [0.29, 0.717) is 6.54 Å². The molecule has 0 aliphatic rings. The summed E-state index contributed by atoms with van der Waals surface area (Å²) in [5.74, 6) is 0. The molecule has 0 unspecified atom stereocenters. The first kappa shape index (κ1) is 7.28. The number of hydrogen-bond donors (Lipinski definition) is 1. The highest BCUT2D eigenvalue weighted by Crippen LogP contribution is 2.06. The standard InChI is InChI=1S/C7H12N2O/c1-2-6-5-10-9-7(6)3-4-8/h5H,2-4,8H2,1H3. The lowest BCUT2D eigenvalue weighted by atomic mass is 10.1. The Labute approximate surface area is 60.2 Å². The third kappa shape index (κ3) is 1.36. The SMILES string of the molecule is CCc1conc1CCN. The molecule has 0 saturated carbocycles. The number of rotatable bonds is 3.